The minimum atomic E-state index is 0. The fourth-order valence-electron chi connectivity index (χ4n) is 2.06. The molecule has 0 spiro atoms. The van der Waals surface area contributed by atoms with Crippen molar-refractivity contribution in [3.8, 4) is 0 Å². The summed E-state index contributed by atoms with van der Waals surface area (Å²) in [7, 11) is 1.81. The second-order valence-corrected chi connectivity index (χ2v) is 5.94. The van der Waals surface area contributed by atoms with Gasteiger partial charge < -0.3 is 15.4 Å². The third kappa shape index (κ3) is 7.37. The van der Waals surface area contributed by atoms with Crippen molar-refractivity contribution < 1.29 is 4.74 Å². The molecule has 0 aromatic heterocycles. The molecule has 0 radical (unpaired) electrons. The van der Waals surface area contributed by atoms with Gasteiger partial charge in [0.05, 0.1) is 6.61 Å². The average molecular weight is 421 g/mol. The standard InChI is InChI=1S/C15H23N3OS.HI/c1-16-15(18-11-13-7-9-19-12-13)17-8-10-20-14-5-3-2-4-6-14;/h2-6,13H,7-12H2,1H3,(H2,16,17,18);1H. The molecule has 6 heteroatoms. The molecule has 0 amide bonds. The zero-order valence-electron chi connectivity index (χ0n) is 12.4. The Labute approximate surface area is 148 Å². The quantitative estimate of drug-likeness (QED) is 0.244. The van der Waals surface area contributed by atoms with E-state index in [0.29, 0.717) is 5.92 Å². The number of nitrogens with one attached hydrogen (secondary N) is 2. The van der Waals surface area contributed by atoms with Crippen LogP contribution in [-0.2, 0) is 4.74 Å². The molecule has 1 unspecified atom stereocenters. The highest BCUT2D eigenvalue weighted by molar-refractivity contribution is 14.0. The van der Waals surface area contributed by atoms with E-state index < -0.39 is 0 Å². The van der Waals surface area contributed by atoms with Gasteiger partial charge in [-0.2, -0.15) is 0 Å². The van der Waals surface area contributed by atoms with Crippen LogP contribution < -0.4 is 10.6 Å². The number of hydrogen-bond donors (Lipinski definition) is 2. The maximum Gasteiger partial charge on any atom is 0.191 e. The van der Waals surface area contributed by atoms with E-state index in [4.69, 9.17) is 4.74 Å². The molecular weight excluding hydrogens is 397 g/mol. The van der Waals surface area contributed by atoms with E-state index in [1.807, 2.05) is 24.9 Å². The number of rotatable bonds is 6. The lowest BCUT2D eigenvalue weighted by Gasteiger charge is -2.14. The lowest BCUT2D eigenvalue weighted by atomic mass is 10.1. The summed E-state index contributed by atoms with van der Waals surface area (Å²) in [6, 6.07) is 10.5. The van der Waals surface area contributed by atoms with Crippen LogP contribution in [0.5, 0.6) is 0 Å². The summed E-state index contributed by atoms with van der Waals surface area (Å²) in [5.41, 5.74) is 0. The van der Waals surface area contributed by atoms with Crippen molar-refractivity contribution in [1.82, 2.24) is 10.6 Å². The molecule has 1 fully saturated rings. The van der Waals surface area contributed by atoms with E-state index in [1.54, 1.807) is 0 Å². The number of halogens is 1. The van der Waals surface area contributed by atoms with E-state index in [1.165, 1.54) is 4.90 Å². The van der Waals surface area contributed by atoms with Gasteiger partial charge in [-0.15, -0.1) is 35.7 Å². The van der Waals surface area contributed by atoms with E-state index in [2.05, 4.69) is 39.9 Å². The fourth-order valence-corrected chi connectivity index (χ4v) is 2.85. The summed E-state index contributed by atoms with van der Waals surface area (Å²) >= 11 is 1.85. The second-order valence-electron chi connectivity index (χ2n) is 4.77. The highest BCUT2D eigenvalue weighted by atomic mass is 127. The average Bonchev–Trinajstić information content (AvgIpc) is 3.01. The van der Waals surface area contributed by atoms with Crippen LogP contribution in [0.3, 0.4) is 0 Å². The number of ether oxygens (including phenoxy) is 1. The molecule has 1 saturated heterocycles. The van der Waals surface area contributed by atoms with E-state index >= 15 is 0 Å². The summed E-state index contributed by atoms with van der Waals surface area (Å²) in [5, 5.41) is 6.70. The summed E-state index contributed by atoms with van der Waals surface area (Å²) in [6.45, 7) is 3.60. The highest BCUT2D eigenvalue weighted by Gasteiger charge is 2.15. The Morgan fingerprint density at radius 3 is 2.81 bits per heavy atom. The van der Waals surface area contributed by atoms with Gasteiger partial charge in [0.15, 0.2) is 5.96 Å². The summed E-state index contributed by atoms with van der Waals surface area (Å²) in [6.07, 6.45) is 1.15. The molecule has 21 heavy (non-hydrogen) atoms. The normalized spacial score (nSPS) is 18.1. The van der Waals surface area contributed by atoms with Crippen LogP contribution >= 0.6 is 35.7 Å². The lowest BCUT2D eigenvalue weighted by Crippen LogP contribution is -2.40. The molecule has 118 valence electrons. The summed E-state index contributed by atoms with van der Waals surface area (Å²) in [4.78, 5) is 5.54. The molecule has 4 nitrogen and oxygen atoms in total. The van der Waals surface area contributed by atoms with Crippen LogP contribution in [0.25, 0.3) is 0 Å². The zero-order valence-corrected chi connectivity index (χ0v) is 15.5. The molecule has 1 atom stereocenters. The lowest BCUT2D eigenvalue weighted by molar-refractivity contribution is 0.186. The van der Waals surface area contributed by atoms with Gasteiger partial charge in [0, 0.05) is 43.3 Å². The Hall–Kier alpha value is -0.470. The minimum absolute atomic E-state index is 0. The second kappa shape index (κ2) is 11.1. The van der Waals surface area contributed by atoms with Crippen molar-refractivity contribution in [1.29, 1.82) is 0 Å². The zero-order chi connectivity index (χ0) is 14.0. The van der Waals surface area contributed by atoms with Gasteiger partial charge in [-0.1, -0.05) is 18.2 Å². The maximum atomic E-state index is 5.37. The van der Waals surface area contributed by atoms with Gasteiger partial charge in [-0.05, 0) is 18.6 Å². The van der Waals surface area contributed by atoms with Crippen molar-refractivity contribution >= 4 is 41.7 Å². The smallest absolute Gasteiger partial charge is 0.191 e. The first kappa shape index (κ1) is 18.6. The first-order valence-electron chi connectivity index (χ1n) is 7.08. The molecule has 2 N–H and O–H groups in total. The van der Waals surface area contributed by atoms with Crippen LogP contribution in [0.15, 0.2) is 40.2 Å². The predicted octanol–water partition coefficient (Wildman–Crippen LogP) is 2.60. The van der Waals surface area contributed by atoms with Gasteiger partial charge in [-0.3, -0.25) is 4.99 Å². The van der Waals surface area contributed by atoms with E-state index in [-0.39, 0.29) is 24.0 Å². The van der Waals surface area contributed by atoms with Gasteiger partial charge in [0.25, 0.3) is 0 Å². The summed E-state index contributed by atoms with van der Waals surface area (Å²) in [5.74, 6) is 2.52. The van der Waals surface area contributed by atoms with E-state index in [0.717, 1.165) is 44.4 Å². The Morgan fingerprint density at radius 1 is 1.33 bits per heavy atom. The van der Waals surface area contributed by atoms with Crippen LogP contribution in [0, 0.1) is 5.92 Å². The molecule has 1 aliphatic rings. The third-order valence-corrected chi connectivity index (χ3v) is 4.23. The van der Waals surface area contributed by atoms with Crippen molar-refractivity contribution in [2.75, 3.05) is 39.1 Å². The largest absolute Gasteiger partial charge is 0.381 e. The Balaban J connectivity index is 0.00000220. The molecule has 1 heterocycles. The highest BCUT2D eigenvalue weighted by Crippen LogP contribution is 2.15. The van der Waals surface area contributed by atoms with Gasteiger partial charge in [-0.25, -0.2) is 0 Å². The number of thioether (sulfide) groups is 1. The SMILES string of the molecule is CN=C(NCCSc1ccccc1)NCC1CCOC1.I. The van der Waals surface area contributed by atoms with E-state index in [9.17, 15) is 0 Å². The number of aliphatic imine (C=N–C) groups is 1. The number of hydrogen-bond acceptors (Lipinski definition) is 3. The van der Waals surface area contributed by atoms with Crippen molar-refractivity contribution in [3.63, 3.8) is 0 Å². The number of benzene rings is 1. The van der Waals surface area contributed by atoms with Gasteiger partial charge in [0.2, 0.25) is 0 Å². The Bertz CT molecular complexity index is 411. The predicted molar refractivity (Wildman–Crippen MR) is 101 cm³/mol. The molecule has 1 aliphatic heterocycles. The third-order valence-electron chi connectivity index (χ3n) is 3.21. The summed E-state index contributed by atoms with van der Waals surface area (Å²) < 4.78 is 5.37. The Morgan fingerprint density at radius 2 is 2.14 bits per heavy atom. The van der Waals surface area contributed by atoms with Gasteiger partial charge >= 0.3 is 0 Å². The fraction of sp³-hybridized carbons (Fsp3) is 0.533. The van der Waals surface area contributed by atoms with Crippen molar-refractivity contribution in [2.45, 2.75) is 11.3 Å². The number of nitrogens with zero attached hydrogens (tertiary/aromatic N) is 1. The minimum Gasteiger partial charge on any atom is -0.381 e. The molecule has 1 aromatic carbocycles. The van der Waals surface area contributed by atoms with Crippen LogP contribution in [-0.4, -0.2) is 45.1 Å². The molecule has 0 bridgehead atoms. The topological polar surface area (TPSA) is 45.7 Å². The number of guanidine groups is 1. The van der Waals surface area contributed by atoms with Crippen molar-refractivity contribution in [2.24, 2.45) is 10.9 Å². The van der Waals surface area contributed by atoms with Crippen LogP contribution in [0.4, 0.5) is 0 Å². The van der Waals surface area contributed by atoms with Crippen LogP contribution in [0.1, 0.15) is 6.42 Å². The van der Waals surface area contributed by atoms with Crippen molar-refractivity contribution in [3.05, 3.63) is 30.3 Å². The van der Waals surface area contributed by atoms with Crippen LogP contribution in [0.2, 0.25) is 0 Å². The first-order chi connectivity index (χ1) is 9.88. The molecule has 1 aromatic rings. The molecule has 0 aliphatic carbocycles. The van der Waals surface area contributed by atoms with Gasteiger partial charge in [0.1, 0.15) is 0 Å². The first-order valence-corrected chi connectivity index (χ1v) is 8.07. The molecule has 2 rings (SSSR count). The monoisotopic (exact) mass is 421 g/mol. The molecular formula is C15H24IN3OS. The molecule has 0 saturated carbocycles. The Kier molecular flexibility index (Phi) is 9.86. The maximum absolute atomic E-state index is 5.37.